The van der Waals surface area contributed by atoms with Crippen LogP contribution in [0.25, 0.3) is 0 Å². The lowest BCUT2D eigenvalue weighted by molar-refractivity contribution is 0.585. The van der Waals surface area contributed by atoms with Gasteiger partial charge in [0.15, 0.2) is 0 Å². The van der Waals surface area contributed by atoms with Gasteiger partial charge in [0.2, 0.25) is 0 Å². The van der Waals surface area contributed by atoms with Crippen molar-refractivity contribution in [1.82, 2.24) is 5.32 Å². The highest BCUT2D eigenvalue weighted by atomic mass is 79.9. The number of hydrogen-bond acceptors (Lipinski definition) is 1. The van der Waals surface area contributed by atoms with Crippen LogP contribution in [0.5, 0.6) is 0 Å². The third-order valence-corrected chi connectivity index (χ3v) is 4.37. The van der Waals surface area contributed by atoms with E-state index in [1.165, 1.54) is 6.07 Å². The lowest BCUT2D eigenvalue weighted by atomic mass is 9.96. The van der Waals surface area contributed by atoms with Gasteiger partial charge in [-0.15, -0.1) is 0 Å². The van der Waals surface area contributed by atoms with Crippen LogP contribution in [0.1, 0.15) is 22.7 Å². The molecule has 1 nitrogen and oxygen atoms in total. The van der Waals surface area contributed by atoms with Crippen molar-refractivity contribution in [3.05, 3.63) is 68.4 Å². The second-order valence-corrected chi connectivity index (χ2v) is 6.07. The normalized spacial score (nSPS) is 12.4. The number of halogens is 3. The zero-order chi connectivity index (χ0) is 14.7. The van der Waals surface area contributed by atoms with Gasteiger partial charge >= 0.3 is 0 Å². The Morgan fingerprint density at radius 3 is 2.65 bits per heavy atom. The van der Waals surface area contributed by atoms with Crippen LogP contribution in [-0.4, -0.2) is 7.05 Å². The molecule has 20 heavy (non-hydrogen) atoms. The highest BCUT2D eigenvalue weighted by molar-refractivity contribution is 9.10. The van der Waals surface area contributed by atoms with E-state index >= 15 is 0 Å². The molecule has 0 fully saturated rings. The third kappa shape index (κ3) is 3.60. The van der Waals surface area contributed by atoms with Gasteiger partial charge in [-0.25, -0.2) is 4.39 Å². The van der Waals surface area contributed by atoms with Gasteiger partial charge in [-0.05, 0) is 67.4 Å². The van der Waals surface area contributed by atoms with Gasteiger partial charge in [0.05, 0.1) is 0 Å². The molecule has 0 radical (unpaired) electrons. The third-order valence-electron chi connectivity index (χ3n) is 3.41. The van der Waals surface area contributed by atoms with Crippen molar-refractivity contribution in [2.75, 3.05) is 7.05 Å². The van der Waals surface area contributed by atoms with Crippen LogP contribution in [0.2, 0.25) is 5.02 Å². The molecule has 0 bridgehead atoms. The van der Waals surface area contributed by atoms with Gasteiger partial charge in [0.25, 0.3) is 0 Å². The summed E-state index contributed by atoms with van der Waals surface area (Å²) in [5.41, 5.74) is 3.18. The van der Waals surface area contributed by atoms with Crippen molar-refractivity contribution >= 4 is 27.5 Å². The van der Waals surface area contributed by atoms with Gasteiger partial charge in [-0.3, -0.25) is 0 Å². The zero-order valence-corrected chi connectivity index (χ0v) is 13.7. The number of nitrogens with one attached hydrogen (secondary N) is 1. The van der Waals surface area contributed by atoms with E-state index < -0.39 is 0 Å². The molecule has 0 saturated carbocycles. The number of benzene rings is 2. The standard InChI is InChI=1S/C16H16BrClFN/c1-10-7-13(19)5-3-11(10)8-16(20-2)14-9-12(18)4-6-15(14)17/h3-7,9,16,20H,8H2,1-2H3. The van der Waals surface area contributed by atoms with Gasteiger partial charge in [0.1, 0.15) is 5.82 Å². The van der Waals surface area contributed by atoms with Crippen molar-refractivity contribution < 1.29 is 4.39 Å². The van der Waals surface area contributed by atoms with E-state index in [9.17, 15) is 4.39 Å². The van der Waals surface area contributed by atoms with Gasteiger partial charge in [-0.2, -0.15) is 0 Å². The summed E-state index contributed by atoms with van der Waals surface area (Å²) in [7, 11) is 1.91. The molecule has 0 spiro atoms. The van der Waals surface area contributed by atoms with Crippen molar-refractivity contribution in [1.29, 1.82) is 0 Å². The second kappa shape index (κ2) is 6.70. The van der Waals surface area contributed by atoms with E-state index in [1.807, 2.05) is 38.2 Å². The second-order valence-electron chi connectivity index (χ2n) is 4.78. The molecule has 2 aromatic carbocycles. The molecule has 1 atom stereocenters. The molecule has 0 heterocycles. The Morgan fingerprint density at radius 2 is 2.00 bits per heavy atom. The van der Waals surface area contributed by atoms with Gasteiger partial charge in [0, 0.05) is 15.5 Å². The molecule has 0 aliphatic heterocycles. The maximum absolute atomic E-state index is 13.2. The number of likely N-dealkylation sites (N-methyl/N-ethyl adjacent to an activating group) is 1. The molecule has 2 aromatic rings. The lowest BCUT2D eigenvalue weighted by Gasteiger charge is -2.19. The molecule has 0 aliphatic carbocycles. The Morgan fingerprint density at radius 1 is 1.25 bits per heavy atom. The Bertz CT molecular complexity index is 615. The van der Waals surface area contributed by atoms with Gasteiger partial charge in [-0.1, -0.05) is 33.6 Å². The van der Waals surface area contributed by atoms with Crippen LogP contribution in [0.3, 0.4) is 0 Å². The van der Waals surface area contributed by atoms with Crippen molar-refractivity contribution in [2.45, 2.75) is 19.4 Å². The molecule has 106 valence electrons. The minimum atomic E-state index is -0.198. The zero-order valence-electron chi connectivity index (χ0n) is 11.4. The van der Waals surface area contributed by atoms with E-state index in [0.29, 0.717) is 5.02 Å². The summed E-state index contributed by atoms with van der Waals surface area (Å²) < 4.78 is 14.2. The fraction of sp³-hybridized carbons (Fsp3) is 0.250. The summed E-state index contributed by atoms with van der Waals surface area (Å²) in [5, 5.41) is 4.00. The van der Waals surface area contributed by atoms with E-state index in [1.54, 1.807) is 6.07 Å². The van der Waals surface area contributed by atoms with Crippen LogP contribution in [0.4, 0.5) is 4.39 Å². The molecular formula is C16H16BrClFN. The summed E-state index contributed by atoms with van der Waals surface area (Å²) >= 11 is 9.63. The first-order chi connectivity index (χ1) is 9.51. The Kier molecular flexibility index (Phi) is 5.19. The number of rotatable bonds is 4. The van der Waals surface area contributed by atoms with Crippen LogP contribution < -0.4 is 5.32 Å². The first-order valence-electron chi connectivity index (χ1n) is 6.38. The Balaban J connectivity index is 2.31. The average Bonchev–Trinajstić information content (AvgIpc) is 2.41. The fourth-order valence-electron chi connectivity index (χ4n) is 2.26. The molecule has 0 aromatic heterocycles. The summed E-state index contributed by atoms with van der Waals surface area (Å²) in [6.07, 6.45) is 0.779. The molecular weight excluding hydrogens is 341 g/mol. The van der Waals surface area contributed by atoms with E-state index in [-0.39, 0.29) is 11.9 Å². The lowest BCUT2D eigenvalue weighted by Crippen LogP contribution is -2.19. The predicted octanol–water partition coefficient (Wildman–Crippen LogP) is 5.05. The van der Waals surface area contributed by atoms with E-state index in [4.69, 9.17) is 11.6 Å². The number of hydrogen-bond donors (Lipinski definition) is 1. The van der Waals surface area contributed by atoms with Crippen molar-refractivity contribution in [2.24, 2.45) is 0 Å². The van der Waals surface area contributed by atoms with E-state index in [0.717, 1.165) is 27.6 Å². The summed E-state index contributed by atoms with van der Waals surface area (Å²) in [6.45, 7) is 1.93. The fourth-order valence-corrected chi connectivity index (χ4v) is 2.96. The van der Waals surface area contributed by atoms with Gasteiger partial charge < -0.3 is 5.32 Å². The SMILES string of the molecule is CNC(Cc1ccc(F)cc1C)c1cc(Cl)ccc1Br. The minimum Gasteiger partial charge on any atom is -0.313 e. The van der Waals surface area contributed by atoms with E-state index in [2.05, 4.69) is 21.2 Å². The van der Waals surface area contributed by atoms with Crippen molar-refractivity contribution in [3.63, 3.8) is 0 Å². The first-order valence-corrected chi connectivity index (χ1v) is 7.55. The number of aryl methyl sites for hydroxylation is 1. The smallest absolute Gasteiger partial charge is 0.123 e. The molecule has 0 saturated heterocycles. The van der Waals surface area contributed by atoms with Crippen LogP contribution in [0.15, 0.2) is 40.9 Å². The molecule has 0 aliphatic rings. The summed E-state index contributed by atoms with van der Waals surface area (Å²) in [5.74, 6) is -0.198. The summed E-state index contributed by atoms with van der Waals surface area (Å²) in [4.78, 5) is 0. The molecule has 1 N–H and O–H groups in total. The molecule has 2 rings (SSSR count). The first kappa shape index (κ1) is 15.5. The van der Waals surface area contributed by atoms with Crippen LogP contribution in [0, 0.1) is 12.7 Å². The molecule has 1 unspecified atom stereocenters. The maximum Gasteiger partial charge on any atom is 0.123 e. The highest BCUT2D eigenvalue weighted by Crippen LogP contribution is 2.29. The monoisotopic (exact) mass is 355 g/mol. The minimum absolute atomic E-state index is 0.118. The quantitative estimate of drug-likeness (QED) is 0.808. The van der Waals surface area contributed by atoms with Crippen molar-refractivity contribution in [3.8, 4) is 0 Å². The average molecular weight is 357 g/mol. The van der Waals surface area contributed by atoms with Crippen LogP contribution in [-0.2, 0) is 6.42 Å². The summed E-state index contributed by atoms with van der Waals surface area (Å²) in [6, 6.07) is 10.8. The topological polar surface area (TPSA) is 12.0 Å². The largest absolute Gasteiger partial charge is 0.313 e. The highest BCUT2D eigenvalue weighted by Gasteiger charge is 2.15. The Labute approximate surface area is 132 Å². The maximum atomic E-state index is 13.2. The predicted molar refractivity (Wildman–Crippen MR) is 85.8 cm³/mol. The van der Waals surface area contributed by atoms with Crippen LogP contribution >= 0.6 is 27.5 Å². The molecule has 0 amide bonds. The molecule has 4 heteroatoms. The Hall–Kier alpha value is -0.900.